The maximum absolute atomic E-state index is 14.4. The first-order valence-corrected chi connectivity index (χ1v) is 40.4. The van der Waals surface area contributed by atoms with Gasteiger partial charge < -0.3 is 93.5 Å². The number of benzene rings is 4. The van der Waals surface area contributed by atoms with Gasteiger partial charge in [-0.15, -0.1) is 0 Å². The Morgan fingerprint density at radius 1 is 0.508 bits per heavy atom. The summed E-state index contributed by atoms with van der Waals surface area (Å²) in [6.07, 6.45) is -8.07. The lowest BCUT2D eigenvalue weighted by atomic mass is 9.88. The molecule has 5 aliphatic heterocycles. The van der Waals surface area contributed by atoms with Crippen LogP contribution in [0.5, 0.6) is 23.0 Å². The van der Waals surface area contributed by atoms with Gasteiger partial charge in [0.25, 0.3) is 11.8 Å². The predicted molar refractivity (Wildman–Crippen MR) is 428 cm³/mol. The standard InChI is InChI=1S/C85H112N8O27/c1-47(2)60(32-56(94)21-25-114-27-23-86-75(100)20-24-89-76(101)38-62(49(5)6)79(89)104)77(102)87-50(7)69(98)30-52-12-16-54(17-13-52)43-117-84(109)92-65-39-73(71(112-10)36-63(65)80(105)90-41-58(96)34-67(90)82(92)107)119-45-116-46-120-74-40-66-64(37-72(74)113-11)81(106)91-42-59(97)35-68(91)83(108)93(66)85(110)118-44-55-18-14-53(15-19-55)31-70(99)51(8)88-78(103)61(48(3)4)33-57(95)22-26-115-29-28-111-9/h12-19,36-37,39-40,47-51,58-62,67-68,82-83,96-97,107-108H,20-35,38,41-46H2,1-11H3,(H,86,100)(H,87,102)(H,88,103)/t50-,51-,58?,59?,60-,61-,62?,67-,68-,82?,83?/m0/s1. The number of fused-ring (bicyclic) bond motifs is 4. The number of hydrogen-bond donors (Lipinski definition) is 7. The third kappa shape index (κ3) is 24.2. The number of carbonyl (C=O) groups excluding carboxylic acids is 13. The lowest BCUT2D eigenvalue weighted by Gasteiger charge is -2.31. The van der Waals surface area contributed by atoms with Crippen LogP contribution in [0.15, 0.2) is 72.8 Å². The molecule has 35 nitrogen and oxygen atoms in total. The molecule has 0 saturated carbocycles. The molecule has 120 heavy (non-hydrogen) atoms. The van der Waals surface area contributed by atoms with Crippen LogP contribution in [0.25, 0.3) is 0 Å². The van der Waals surface area contributed by atoms with Gasteiger partial charge in [-0.1, -0.05) is 90.1 Å². The first-order valence-electron chi connectivity index (χ1n) is 40.4. The van der Waals surface area contributed by atoms with Crippen molar-refractivity contribution in [1.82, 2.24) is 30.7 Å². The van der Waals surface area contributed by atoms with Crippen LogP contribution >= 0.6 is 0 Å². The number of amides is 9. The largest absolute Gasteiger partial charge is 0.493 e. The summed E-state index contributed by atoms with van der Waals surface area (Å²) in [4.78, 5) is 180. The summed E-state index contributed by atoms with van der Waals surface area (Å²) in [5.41, 5.74) is 1.51. The molecule has 9 rings (SSSR count). The molecule has 9 amide bonds. The zero-order chi connectivity index (χ0) is 87.3. The number of carbonyl (C=O) groups is 13. The average molecular weight is 1680 g/mol. The van der Waals surface area contributed by atoms with E-state index in [4.69, 9.17) is 47.4 Å². The fraction of sp³-hybridized carbons (Fsp3) is 0.565. The number of likely N-dealkylation sites (tertiary alicyclic amines) is 1. The molecule has 3 fully saturated rings. The number of aliphatic hydroxyl groups excluding tert-OH is 4. The molecule has 4 aromatic rings. The van der Waals surface area contributed by atoms with E-state index >= 15 is 0 Å². The molecule has 4 aromatic carbocycles. The normalized spacial score (nSPS) is 19.8. The van der Waals surface area contributed by atoms with E-state index in [1.165, 1.54) is 48.3 Å². The fourth-order valence-electron chi connectivity index (χ4n) is 14.8. The Balaban J connectivity index is 0.774. The van der Waals surface area contributed by atoms with Crippen LogP contribution in [0, 0.1) is 35.5 Å². The van der Waals surface area contributed by atoms with Gasteiger partial charge in [0.15, 0.2) is 60.6 Å². The van der Waals surface area contributed by atoms with Crippen molar-refractivity contribution in [3.8, 4) is 23.0 Å². The minimum atomic E-state index is -1.77. The summed E-state index contributed by atoms with van der Waals surface area (Å²) in [5, 5.41) is 53.7. The van der Waals surface area contributed by atoms with Crippen molar-refractivity contribution in [3.05, 3.63) is 106 Å². The van der Waals surface area contributed by atoms with Crippen LogP contribution in [0.4, 0.5) is 21.0 Å². The lowest BCUT2D eigenvalue weighted by molar-refractivity contribution is -0.140. The van der Waals surface area contributed by atoms with Gasteiger partial charge in [0.05, 0.1) is 106 Å². The third-order valence-electron chi connectivity index (χ3n) is 22.0. The second-order valence-electron chi connectivity index (χ2n) is 31.6. The Bertz CT molecular complexity index is 4320. The number of anilines is 2. The van der Waals surface area contributed by atoms with Crippen molar-refractivity contribution in [2.24, 2.45) is 35.5 Å². The van der Waals surface area contributed by atoms with Gasteiger partial charge in [-0.05, 0) is 78.8 Å². The Morgan fingerprint density at radius 2 is 0.933 bits per heavy atom. The van der Waals surface area contributed by atoms with E-state index in [1.54, 1.807) is 83.3 Å². The van der Waals surface area contributed by atoms with Crippen molar-refractivity contribution < 1.29 is 130 Å². The summed E-state index contributed by atoms with van der Waals surface area (Å²) in [7, 11) is 4.14. The van der Waals surface area contributed by atoms with Gasteiger partial charge in [0, 0.05) is 115 Å². The highest BCUT2D eigenvalue weighted by Gasteiger charge is 2.50. The van der Waals surface area contributed by atoms with Crippen molar-refractivity contribution in [1.29, 1.82) is 0 Å². The summed E-state index contributed by atoms with van der Waals surface area (Å²) < 4.78 is 56.6. The Kier molecular flexibility index (Phi) is 33.9. The van der Waals surface area contributed by atoms with E-state index in [0.717, 1.165) is 14.7 Å². The Morgan fingerprint density at radius 3 is 1.33 bits per heavy atom. The van der Waals surface area contributed by atoms with Crippen molar-refractivity contribution >= 4 is 88.0 Å². The second kappa shape index (κ2) is 43.6. The summed E-state index contributed by atoms with van der Waals surface area (Å²) in [6.45, 7) is 13.0. The SMILES string of the molecule is COCCOCCC(=O)C[C@H](C(=O)N[C@@H](C)C(=O)Cc1ccc(COC(=O)N2c3cc(OCOCOc4cc5c(cc4OC)C(=O)N4CC(O)C[C@H]4C(O)N5C(=O)OCc4ccc(CC(=O)[C@H](C)NC(=O)[C@@H](CC(=O)CCOCCNC(=O)CCN5C(=O)CC(C(C)C)C5=O)C(C)C)cc4)c(OC)cc3C(=O)N3CC(O)C[C@H]3C2O)cc1)C(C)C. The molecule has 35 heteroatoms. The van der Waals surface area contributed by atoms with Gasteiger partial charge in [0.2, 0.25) is 29.5 Å². The van der Waals surface area contributed by atoms with Crippen LogP contribution in [0.2, 0.25) is 0 Å². The summed E-state index contributed by atoms with van der Waals surface area (Å²) in [6, 6.07) is 14.2. The molecule has 3 saturated heterocycles. The van der Waals surface area contributed by atoms with E-state index in [1.807, 2.05) is 27.7 Å². The molecule has 0 aliphatic carbocycles. The second-order valence-corrected chi connectivity index (χ2v) is 31.6. The highest BCUT2D eigenvalue weighted by molar-refractivity contribution is 6.08. The first kappa shape index (κ1) is 93.3. The molecule has 11 atom stereocenters. The number of nitrogens with one attached hydrogen (secondary N) is 3. The van der Waals surface area contributed by atoms with Gasteiger partial charge in [-0.25, -0.2) is 19.4 Å². The number of hydrogen-bond acceptors (Lipinski definition) is 27. The number of ketones is 4. The maximum Gasteiger partial charge on any atom is 0.416 e. The molecule has 0 radical (unpaired) electrons. The number of nitrogens with zero attached hydrogens (tertiary/aromatic N) is 5. The highest BCUT2D eigenvalue weighted by Crippen LogP contribution is 2.44. The number of methoxy groups -OCH3 is 3. The van der Waals surface area contributed by atoms with E-state index in [0.29, 0.717) is 35.5 Å². The van der Waals surface area contributed by atoms with Gasteiger partial charge in [-0.2, -0.15) is 0 Å². The Hall–Kier alpha value is -10.5. The quantitative estimate of drug-likeness (QED) is 0.0176. The summed E-state index contributed by atoms with van der Waals surface area (Å²) in [5.74, 6) is -6.60. The molecular weight excluding hydrogens is 1560 g/mol. The number of rotatable bonds is 44. The van der Waals surface area contributed by atoms with E-state index in [-0.39, 0.29) is 233 Å². The number of imide groups is 1. The number of aliphatic hydroxyl groups is 4. The molecule has 0 bridgehead atoms. The van der Waals surface area contributed by atoms with Crippen LogP contribution in [-0.2, 0) is 97.6 Å². The third-order valence-corrected chi connectivity index (χ3v) is 22.0. The molecule has 0 spiro atoms. The molecule has 654 valence electrons. The molecule has 5 aliphatic rings. The Labute approximate surface area is 696 Å². The van der Waals surface area contributed by atoms with E-state index < -0.39 is 110 Å². The zero-order valence-corrected chi connectivity index (χ0v) is 69.7. The van der Waals surface area contributed by atoms with E-state index in [2.05, 4.69) is 16.0 Å². The fourth-order valence-corrected chi connectivity index (χ4v) is 14.8. The van der Waals surface area contributed by atoms with Gasteiger partial charge in [0.1, 0.15) is 24.8 Å². The molecule has 5 unspecified atom stereocenters. The zero-order valence-electron chi connectivity index (χ0n) is 69.7. The maximum atomic E-state index is 14.4. The number of Topliss-reactive ketones (excluding diaryl/α,β-unsaturated/α-hetero) is 4. The van der Waals surface area contributed by atoms with Crippen LogP contribution in [-0.4, -0.2) is 255 Å². The topological polar surface area (TPSA) is 447 Å². The van der Waals surface area contributed by atoms with Crippen molar-refractivity contribution in [2.75, 3.05) is 104 Å². The van der Waals surface area contributed by atoms with E-state index in [9.17, 15) is 82.8 Å². The van der Waals surface area contributed by atoms with Crippen molar-refractivity contribution in [3.63, 3.8) is 0 Å². The number of ether oxygens (including phenoxy) is 10. The molecule has 0 aromatic heterocycles. The average Bonchev–Trinajstić information content (AvgIpc) is 1.60. The highest BCUT2D eigenvalue weighted by atomic mass is 16.7. The molecule has 7 N–H and O–H groups in total. The smallest absolute Gasteiger partial charge is 0.416 e. The minimum absolute atomic E-state index is 0.00104. The van der Waals surface area contributed by atoms with Crippen LogP contribution in [0.3, 0.4) is 0 Å². The minimum Gasteiger partial charge on any atom is -0.493 e. The van der Waals surface area contributed by atoms with Gasteiger partial charge >= 0.3 is 12.2 Å². The van der Waals surface area contributed by atoms with Gasteiger partial charge in [-0.3, -0.25) is 57.6 Å². The first-order chi connectivity index (χ1) is 57.2. The van der Waals surface area contributed by atoms with Crippen LogP contribution in [0.1, 0.15) is 150 Å². The predicted octanol–water partition coefficient (Wildman–Crippen LogP) is 4.89. The molecule has 5 heterocycles. The van der Waals surface area contributed by atoms with Crippen LogP contribution < -0.4 is 44.7 Å². The van der Waals surface area contributed by atoms with Crippen molar-refractivity contribution in [2.45, 2.75) is 182 Å². The molecular formula is C85H112N8O27. The summed E-state index contributed by atoms with van der Waals surface area (Å²) >= 11 is 0. The monoisotopic (exact) mass is 1680 g/mol. The lowest BCUT2D eigenvalue weighted by Crippen LogP contribution is -2.50.